The van der Waals surface area contributed by atoms with Gasteiger partial charge in [0, 0.05) is 6.26 Å². The molecule has 8 heteroatoms. The number of thioether (sulfide) groups is 1. The van der Waals surface area contributed by atoms with E-state index >= 15 is 0 Å². The summed E-state index contributed by atoms with van der Waals surface area (Å²) in [6, 6.07) is 0. The molecule has 6 nitrogen and oxygen atoms in total. The first-order chi connectivity index (χ1) is 6.72. The van der Waals surface area contributed by atoms with E-state index in [0.717, 1.165) is 6.26 Å². The number of rotatable bonds is 4. The van der Waals surface area contributed by atoms with E-state index in [9.17, 15) is 18.0 Å². The third kappa shape index (κ3) is 23.2. The molecule has 0 aliphatic carbocycles. The Kier molecular flexibility index (Phi) is 13.9. The van der Waals surface area contributed by atoms with Crippen molar-refractivity contribution in [1.29, 1.82) is 0 Å². The van der Waals surface area contributed by atoms with Gasteiger partial charge in [-0.3, -0.25) is 9.59 Å². The molecule has 0 aliphatic rings. The highest BCUT2D eigenvalue weighted by Crippen LogP contribution is 1.90. The van der Waals surface area contributed by atoms with Gasteiger partial charge in [0.25, 0.3) is 0 Å². The molecule has 0 amide bonds. The Bertz CT molecular complexity index is 296. The molecule has 0 aliphatic heterocycles. The molecule has 0 aromatic rings. The number of esters is 1. The number of hydrogen-bond donors (Lipinski definition) is 1. The molecule has 0 saturated carbocycles. The Labute approximate surface area is 100 Å². The summed E-state index contributed by atoms with van der Waals surface area (Å²) in [6.45, 7) is 0. The quantitative estimate of drug-likeness (QED) is 0.735. The van der Waals surface area contributed by atoms with E-state index in [0.29, 0.717) is 5.75 Å². The predicted octanol–water partition coefficient (Wildman–Crippen LogP) is 0.274. The van der Waals surface area contributed by atoms with Gasteiger partial charge in [-0.05, 0) is 6.26 Å². The van der Waals surface area contributed by atoms with Crippen LogP contribution in [0.1, 0.15) is 7.43 Å². The third-order valence-corrected chi connectivity index (χ3v) is 2.17. The van der Waals surface area contributed by atoms with E-state index in [4.69, 9.17) is 5.11 Å². The van der Waals surface area contributed by atoms with Gasteiger partial charge in [-0.15, -0.1) is 0 Å². The van der Waals surface area contributed by atoms with Crippen LogP contribution in [0.2, 0.25) is 0 Å². The fraction of sp³-hybridized carbons (Fsp3) is 0.750. The van der Waals surface area contributed by atoms with Crippen molar-refractivity contribution in [3.63, 3.8) is 0 Å². The van der Waals surface area contributed by atoms with Crippen molar-refractivity contribution in [3.8, 4) is 0 Å². The van der Waals surface area contributed by atoms with E-state index in [1.54, 1.807) is 0 Å². The topological polar surface area (TPSA) is 97.7 Å². The van der Waals surface area contributed by atoms with Crippen molar-refractivity contribution in [2.24, 2.45) is 0 Å². The maximum absolute atomic E-state index is 10.2. The zero-order valence-electron chi connectivity index (χ0n) is 8.72. The van der Waals surface area contributed by atoms with Gasteiger partial charge in [0.05, 0.1) is 12.9 Å². The largest absolute Gasteiger partial charge is 0.480 e. The van der Waals surface area contributed by atoms with Crippen LogP contribution in [-0.2, 0) is 24.2 Å². The summed E-state index contributed by atoms with van der Waals surface area (Å²) in [4.78, 5) is 19.8. The number of methoxy groups -OCH3 is 1. The van der Waals surface area contributed by atoms with Gasteiger partial charge in [0.15, 0.2) is 9.84 Å². The van der Waals surface area contributed by atoms with E-state index < -0.39 is 21.6 Å². The number of carbonyl (C=O) groups is 2. The Balaban J connectivity index is -0.000000200. The summed E-state index contributed by atoms with van der Waals surface area (Å²) in [5.74, 6) is -1.80. The smallest absolute Gasteiger partial charge is 0.318 e. The van der Waals surface area contributed by atoms with E-state index in [-0.39, 0.29) is 13.4 Å². The standard InChI is InChI=1S/C4H8O2S.C3H6O4S.CH4/c1-6-4(5)3-7-2;1-8(6,7)2-3(4)5;/h3H2,1-2H3;2H2,1H3,(H,4,5);1H4. The van der Waals surface area contributed by atoms with Crippen LogP contribution in [0, 0.1) is 0 Å². The van der Waals surface area contributed by atoms with Gasteiger partial charge in [0.1, 0.15) is 5.75 Å². The Hall–Kier alpha value is -0.760. The van der Waals surface area contributed by atoms with Crippen molar-refractivity contribution in [2.45, 2.75) is 7.43 Å². The lowest BCUT2D eigenvalue weighted by Crippen LogP contribution is -2.12. The molecule has 0 atom stereocenters. The molecular weight excluding hydrogens is 256 g/mol. The molecule has 0 fully saturated rings. The van der Waals surface area contributed by atoms with Crippen LogP contribution in [0.3, 0.4) is 0 Å². The summed E-state index contributed by atoms with van der Waals surface area (Å²) in [5, 5.41) is 7.87. The van der Waals surface area contributed by atoms with Crippen LogP contribution < -0.4 is 0 Å². The number of hydrogen-bond acceptors (Lipinski definition) is 6. The number of carboxylic acids is 1. The predicted molar refractivity (Wildman–Crippen MR) is 64.5 cm³/mol. The fourth-order valence-corrected chi connectivity index (χ4v) is 1.20. The molecule has 0 radical (unpaired) electrons. The van der Waals surface area contributed by atoms with Crippen molar-refractivity contribution in [1.82, 2.24) is 0 Å². The van der Waals surface area contributed by atoms with E-state index in [1.165, 1.54) is 18.9 Å². The van der Waals surface area contributed by atoms with Gasteiger partial charge in [-0.1, -0.05) is 7.43 Å². The number of aliphatic carboxylic acids is 1. The number of sulfone groups is 1. The molecule has 0 spiro atoms. The monoisotopic (exact) mass is 274 g/mol. The molecule has 1 N–H and O–H groups in total. The lowest BCUT2D eigenvalue weighted by molar-refractivity contribution is -0.137. The van der Waals surface area contributed by atoms with Gasteiger partial charge >= 0.3 is 11.9 Å². The van der Waals surface area contributed by atoms with Crippen LogP contribution >= 0.6 is 11.8 Å². The van der Waals surface area contributed by atoms with Gasteiger partial charge in [-0.25, -0.2) is 8.42 Å². The zero-order chi connectivity index (χ0) is 12.5. The van der Waals surface area contributed by atoms with Gasteiger partial charge in [-0.2, -0.15) is 11.8 Å². The van der Waals surface area contributed by atoms with E-state index in [2.05, 4.69) is 4.74 Å². The highest BCUT2D eigenvalue weighted by atomic mass is 32.2. The second-order valence-corrected chi connectivity index (χ2v) is 5.48. The lowest BCUT2D eigenvalue weighted by Gasteiger charge is -1.90. The highest BCUT2D eigenvalue weighted by Gasteiger charge is 2.06. The van der Waals surface area contributed by atoms with Crippen LogP contribution in [0.4, 0.5) is 0 Å². The number of ether oxygens (including phenoxy) is 1. The number of carboxylic acid groups (broad SMARTS) is 1. The first-order valence-electron chi connectivity index (χ1n) is 3.68. The summed E-state index contributed by atoms with van der Waals surface area (Å²) >= 11 is 1.46. The Morgan fingerprint density at radius 1 is 1.38 bits per heavy atom. The summed E-state index contributed by atoms with van der Waals surface area (Å²) in [7, 11) is -1.94. The SMILES string of the molecule is C.COC(=O)CSC.CS(=O)(=O)CC(=O)O. The molecule has 0 rings (SSSR count). The highest BCUT2D eigenvalue weighted by molar-refractivity contribution is 7.99. The Morgan fingerprint density at radius 2 is 1.81 bits per heavy atom. The van der Waals surface area contributed by atoms with Crippen LogP contribution in [0.15, 0.2) is 0 Å². The summed E-state index contributed by atoms with van der Waals surface area (Å²) in [5.41, 5.74) is 0. The third-order valence-electron chi connectivity index (χ3n) is 0.876. The van der Waals surface area contributed by atoms with E-state index in [1.807, 2.05) is 6.26 Å². The lowest BCUT2D eigenvalue weighted by atomic mass is 10.8. The molecule has 0 unspecified atom stereocenters. The molecule has 0 bridgehead atoms. The first kappa shape index (κ1) is 20.6. The normalized spacial score (nSPS) is 9.19. The van der Waals surface area contributed by atoms with Crippen molar-refractivity contribution < 1.29 is 27.9 Å². The minimum absolute atomic E-state index is 0. The first-order valence-corrected chi connectivity index (χ1v) is 7.13. The summed E-state index contributed by atoms with van der Waals surface area (Å²) < 4.78 is 24.5. The maximum Gasteiger partial charge on any atom is 0.318 e. The molecule has 0 saturated heterocycles. The number of carbonyl (C=O) groups excluding carboxylic acids is 1. The summed E-state index contributed by atoms with van der Waals surface area (Å²) in [6.07, 6.45) is 2.73. The van der Waals surface area contributed by atoms with Crippen molar-refractivity contribution in [2.75, 3.05) is 31.1 Å². The maximum atomic E-state index is 10.2. The second kappa shape index (κ2) is 10.7. The van der Waals surface area contributed by atoms with Crippen molar-refractivity contribution in [3.05, 3.63) is 0 Å². The minimum Gasteiger partial charge on any atom is -0.480 e. The van der Waals surface area contributed by atoms with Crippen LogP contribution in [0.25, 0.3) is 0 Å². The molecule has 98 valence electrons. The molecule has 16 heavy (non-hydrogen) atoms. The minimum atomic E-state index is -3.32. The zero-order valence-corrected chi connectivity index (χ0v) is 10.4. The van der Waals surface area contributed by atoms with Crippen LogP contribution in [-0.4, -0.2) is 56.6 Å². The Morgan fingerprint density at radius 3 is 1.88 bits per heavy atom. The second-order valence-electron chi connectivity index (χ2n) is 2.47. The van der Waals surface area contributed by atoms with Crippen molar-refractivity contribution >= 4 is 33.5 Å². The molecular formula is C8H18O6S2. The molecule has 0 aromatic carbocycles. The van der Waals surface area contributed by atoms with Crippen LogP contribution in [0.5, 0.6) is 0 Å². The average molecular weight is 274 g/mol. The molecule has 0 heterocycles. The fourth-order valence-electron chi connectivity index (χ4n) is 0.401. The molecule has 0 aromatic heterocycles. The van der Waals surface area contributed by atoms with Gasteiger partial charge in [0.2, 0.25) is 0 Å². The average Bonchev–Trinajstić information content (AvgIpc) is 2.01. The van der Waals surface area contributed by atoms with Gasteiger partial charge < -0.3 is 9.84 Å².